The minimum Gasteiger partial charge on any atom is -0.493 e. The van der Waals surface area contributed by atoms with E-state index < -0.39 is 0 Å². The predicted molar refractivity (Wildman–Crippen MR) is 105 cm³/mol. The van der Waals surface area contributed by atoms with Crippen LogP contribution in [-0.2, 0) is 4.74 Å². The third-order valence-electron chi connectivity index (χ3n) is 4.43. The summed E-state index contributed by atoms with van der Waals surface area (Å²) in [5.74, 6) is 2.58. The van der Waals surface area contributed by atoms with Crippen LogP contribution in [0.4, 0.5) is 17.5 Å². The van der Waals surface area contributed by atoms with Crippen molar-refractivity contribution in [3.05, 3.63) is 30.5 Å². The third kappa shape index (κ3) is 5.21. The molecule has 3 rings (SSSR count). The number of hydrogen-bond donors (Lipinski definition) is 2. The Morgan fingerprint density at radius 1 is 1.30 bits per heavy atom. The van der Waals surface area contributed by atoms with Crippen LogP contribution < -0.4 is 20.1 Å². The van der Waals surface area contributed by atoms with Gasteiger partial charge in [-0.15, -0.1) is 0 Å². The molecule has 146 valence electrons. The highest BCUT2D eigenvalue weighted by atomic mass is 16.5. The summed E-state index contributed by atoms with van der Waals surface area (Å²) < 4.78 is 17.2. The number of nitrogens with one attached hydrogen (secondary N) is 2. The van der Waals surface area contributed by atoms with Gasteiger partial charge in [0.05, 0.1) is 13.7 Å². The van der Waals surface area contributed by atoms with Gasteiger partial charge in [0.2, 0.25) is 5.95 Å². The van der Waals surface area contributed by atoms with Crippen molar-refractivity contribution in [2.75, 3.05) is 57.6 Å². The van der Waals surface area contributed by atoms with Crippen LogP contribution in [0.15, 0.2) is 30.5 Å². The smallest absolute Gasteiger partial charge is 0.229 e. The van der Waals surface area contributed by atoms with Crippen molar-refractivity contribution < 1.29 is 14.2 Å². The van der Waals surface area contributed by atoms with E-state index in [2.05, 4.69) is 32.4 Å². The minimum atomic E-state index is 0.0515. The van der Waals surface area contributed by atoms with Gasteiger partial charge < -0.3 is 24.8 Å². The summed E-state index contributed by atoms with van der Waals surface area (Å²) in [6.07, 6.45) is 1.75. The van der Waals surface area contributed by atoms with Gasteiger partial charge in [-0.2, -0.15) is 4.98 Å². The highest BCUT2D eigenvalue weighted by molar-refractivity contribution is 5.60. The molecule has 1 aromatic carbocycles. The highest BCUT2D eigenvalue weighted by Crippen LogP contribution is 2.31. The second kappa shape index (κ2) is 9.38. The fraction of sp³-hybridized carbons (Fsp3) is 0.474. The Balaban J connectivity index is 1.67. The van der Waals surface area contributed by atoms with Crippen LogP contribution in [0.5, 0.6) is 11.5 Å². The largest absolute Gasteiger partial charge is 0.493 e. The number of benzene rings is 1. The molecule has 2 N–H and O–H groups in total. The number of ether oxygens (including phenoxy) is 3. The van der Waals surface area contributed by atoms with Crippen LogP contribution in [-0.4, -0.2) is 68.0 Å². The van der Waals surface area contributed by atoms with Crippen LogP contribution in [0.1, 0.15) is 6.92 Å². The van der Waals surface area contributed by atoms with Gasteiger partial charge in [-0.25, -0.2) is 4.98 Å². The Labute approximate surface area is 159 Å². The maximum Gasteiger partial charge on any atom is 0.229 e. The summed E-state index contributed by atoms with van der Waals surface area (Å²) in [5, 5.41) is 6.18. The van der Waals surface area contributed by atoms with E-state index in [1.165, 1.54) is 0 Å². The Hall–Kier alpha value is -2.58. The lowest BCUT2D eigenvalue weighted by Gasteiger charge is -2.32. The zero-order chi connectivity index (χ0) is 19.1. The van der Waals surface area contributed by atoms with Gasteiger partial charge in [0.15, 0.2) is 11.5 Å². The van der Waals surface area contributed by atoms with Gasteiger partial charge in [-0.3, -0.25) is 4.90 Å². The van der Waals surface area contributed by atoms with Crippen LogP contribution in [0.25, 0.3) is 0 Å². The number of hydrogen-bond acceptors (Lipinski definition) is 8. The van der Waals surface area contributed by atoms with E-state index in [9.17, 15) is 0 Å². The first-order valence-electron chi connectivity index (χ1n) is 9.14. The van der Waals surface area contributed by atoms with Gasteiger partial charge in [-0.1, -0.05) is 6.92 Å². The molecule has 1 unspecified atom stereocenters. The van der Waals surface area contributed by atoms with E-state index in [0.717, 1.165) is 37.7 Å². The first-order valence-corrected chi connectivity index (χ1v) is 9.14. The molecule has 2 heterocycles. The Morgan fingerprint density at radius 2 is 2.19 bits per heavy atom. The summed E-state index contributed by atoms with van der Waals surface area (Å²) in [6.45, 7) is 6.24. The minimum absolute atomic E-state index is 0.0515. The summed E-state index contributed by atoms with van der Waals surface area (Å²) in [6, 6.07) is 7.45. The molecular formula is C19H27N5O3. The maximum absolute atomic E-state index is 6.01. The molecule has 1 aliphatic rings. The molecule has 27 heavy (non-hydrogen) atoms. The second-order valence-corrected chi connectivity index (χ2v) is 6.20. The number of aromatic nitrogens is 2. The van der Waals surface area contributed by atoms with Gasteiger partial charge in [0.1, 0.15) is 18.5 Å². The molecule has 0 aliphatic carbocycles. The van der Waals surface area contributed by atoms with Gasteiger partial charge in [0.25, 0.3) is 0 Å². The van der Waals surface area contributed by atoms with Crippen molar-refractivity contribution >= 4 is 17.5 Å². The SMILES string of the molecule is CCN1CCOC(COc2cc(Nc3nccc(NC)n3)ccc2OC)C1. The van der Waals surface area contributed by atoms with E-state index >= 15 is 0 Å². The number of nitrogens with zero attached hydrogens (tertiary/aromatic N) is 3. The molecule has 0 spiro atoms. The monoisotopic (exact) mass is 373 g/mol. The van der Waals surface area contributed by atoms with Crippen molar-refractivity contribution in [1.29, 1.82) is 0 Å². The lowest BCUT2D eigenvalue weighted by Crippen LogP contribution is -2.44. The zero-order valence-corrected chi connectivity index (χ0v) is 16.1. The van der Waals surface area contributed by atoms with Crippen LogP contribution in [0.2, 0.25) is 0 Å². The molecule has 0 amide bonds. The normalized spacial score (nSPS) is 17.4. The van der Waals surface area contributed by atoms with E-state index in [1.54, 1.807) is 19.4 Å². The van der Waals surface area contributed by atoms with E-state index in [1.807, 2.05) is 25.2 Å². The van der Waals surface area contributed by atoms with Gasteiger partial charge in [-0.05, 0) is 24.7 Å². The van der Waals surface area contributed by atoms with Crippen molar-refractivity contribution in [3.63, 3.8) is 0 Å². The average Bonchev–Trinajstić information content (AvgIpc) is 2.72. The zero-order valence-electron chi connectivity index (χ0n) is 16.1. The van der Waals surface area contributed by atoms with Crippen LogP contribution in [0.3, 0.4) is 0 Å². The Kier molecular flexibility index (Phi) is 6.67. The molecule has 0 radical (unpaired) electrons. The van der Waals surface area contributed by atoms with E-state index in [4.69, 9.17) is 14.2 Å². The molecule has 0 saturated carbocycles. The molecular weight excluding hydrogens is 346 g/mol. The van der Waals surface area contributed by atoms with E-state index in [-0.39, 0.29) is 6.10 Å². The number of likely N-dealkylation sites (N-methyl/N-ethyl adjacent to an activating group) is 1. The lowest BCUT2D eigenvalue weighted by molar-refractivity contribution is -0.0466. The molecule has 8 heteroatoms. The third-order valence-corrected chi connectivity index (χ3v) is 4.43. The molecule has 0 bridgehead atoms. The number of morpholine rings is 1. The molecule has 1 fully saturated rings. The summed E-state index contributed by atoms with van der Waals surface area (Å²) in [7, 11) is 3.45. The Bertz CT molecular complexity index is 743. The second-order valence-electron chi connectivity index (χ2n) is 6.20. The van der Waals surface area contributed by atoms with Crippen molar-refractivity contribution in [2.45, 2.75) is 13.0 Å². The Morgan fingerprint density at radius 3 is 2.96 bits per heavy atom. The van der Waals surface area contributed by atoms with Crippen molar-refractivity contribution in [2.24, 2.45) is 0 Å². The fourth-order valence-corrected chi connectivity index (χ4v) is 2.91. The topological polar surface area (TPSA) is 80.8 Å². The number of anilines is 3. The fourth-order valence-electron chi connectivity index (χ4n) is 2.91. The van der Waals surface area contributed by atoms with Crippen LogP contribution in [0, 0.1) is 0 Å². The standard InChI is InChI=1S/C19H27N5O3/c1-4-24-9-10-26-15(12-24)13-27-17-11-14(5-6-16(17)25-3)22-19-21-8-7-18(20-2)23-19/h5-8,11,15H,4,9-10,12-13H2,1-3H3,(H2,20,21,22,23). The summed E-state index contributed by atoms with van der Waals surface area (Å²) in [4.78, 5) is 11.0. The first kappa shape index (κ1) is 19.2. The molecule has 1 aliphatic heterocycles. The van der Waals surface area contributed by atoms with Crippen LogP contribution >= 0.6 is 0 Å². The van der Waals surface area contributed by atoms with Gasteiger partial charge >= 0.3 is 0 Å². The molecule has 8 nitrogen and oxygen atoms in total. The maximum atomic E-state index is 6.01. The number of rotatable bonds is 8. The first-order chi connectivity index (χ1) is 13.2. The molecule has 1 saturated heterocycles. The quantitative estimate of drug-likeness (QED) is 0.730. The number of methoxy groups -OCH3 is 1. The lowest BCUT2D eigenvalue weighted by atomic mass is 10.2. The predicted octanol–water partition coefficient (Wildman–Crippen LogP) is 2.37. The van der Waals surface area contributed by atoms with Crippen molar-refractivity contribution in [1.82, 2.24) is 14.9 Å². The average molecular weight is 373 g/mol. The molecule has 1 aromatic heterocycles. The summed E-state index contributed by atoms with van der Waals surface area (Å²) in [5.41, 5.74) is 0.818. The molecule has 1 atom stereocenters. The van der Waals surface area contributed by atoms with Crippen molar-refractivity contribution in [3.8, 4) is 11.5 Å². The van der Waals surface area contributed by atoms with Gasteiger partial charge in [0, 0.05) is 38.1 Å². The summed E-state index contributed by atoms with van der Waals surface area (Å²) >= 11 is 0. The van der Waals surface area contributed by atoms with E-state index in [0.29, 0.717) is 24.1 Å². The highest BCUT2D eigenvalue weighted by Gasteiger charge is 2.20. The molecule has 2 aromatic rings.